The Hall–Kier alpha value is -3.93. The first kappa shape index (κ1) is 19.4. The zero-order valence-corrected chi connectivity index (χ0v) is 16.6. The molecule has 30 heavy (non-hydrogen) atoms. The Labute approximate surface area is 173 Å². The fourth-order valence-corrected chi connectivity index (χ4v) is 3.55. The molecule has 0 aliphatic rings. The number of phenols is 2. The van der Waals surface area contributed by atoms with Crippen LogP contribution in [-0.4, -0.2) is 30.3 Å². The molecule has 0 saturated carbocycles. The topological polar surface area (TPSA) is 88.0 Å². The minimum atomic E-state index is -0.240. The number of amides is 1. The van der Waals surface area contributed by atoms with Crippen LogP contribution in [0.3, 0.4) is 0 Å². The molecule has 3 N–H and O–H groups in total. The summed E-state index contributed by atoms with van der Waals surface area (Å²) in [4.78, 5) is 13.0. The van der Waals surface area contributed by atoms with Crippen LogP contribution in [-0.2, 0) is 6.54 Å². The Balaban J connectivity index is 1.81. The maximum Gasteiger partial charge on any atom is 0.252 e. The van der Waals surface area contributed by atoms with Crippen LogP contribution in [0.1, 0.15) is 15.9 Å². The van der Waals surface area contributed by atoms with Gasteiger partial charge in [0, 0.05) is 12.1 Å². The van der Waals surface area contributed by atoms with E-state index >= 15 is 0 Å². The summed E-state index contributed by atoms with van der Waals surface area (Å²) in [7, 11) is 3.12. The van der Waals surface area contributed by atoms with Gasteiger partial charge in [-0.05, 0) is 75.6 Å². The van der Waals surface area contributed by atoms with Gasteiger partial charge in [-0.15, -0.1) is 0 Å². The minimum Gasteiger partial charge on any atom is -0.508 e. The molecular formula is C24H21NO5. The van der Waals surface area contributed by atoms with Gasteiger partial charge in [0.25, 0.3) is 5.91 Å². The molecule has 0 atom stereocenters. The van der Waals surface area contributed by atoms with Crippen molar-refractivity contribution in [2.45, 2.75) is 6.54 Å². The smallest absolute Gasteiger partial charge is 0.252 e. The van der Waals surface area contributed by atoms with Crippen LogP contribution in [0, 0.1) is 0 Å². The highest BCUT2D eigenvalue weighted by Crippen LogP contribution is 2.38. The van der Waals surface area contributed by atoms with E-state index in [9.17, 15) is 15.0 Å². The number of fused-ring (bicyclic) bond motifs is 3. The molecule has 0 aliphatic carbocycles. The van der Waals surface area contributed by atoms with Crippen molar-refractivity contribution < 1.29 is 24.5 Å². The Morgan fingerprint density at radius 1 is 0.800 bits per heavy atom. The number of methoxy groups -OCH3 is 2. The van der Waals surface area contributed by atoms with Crippen molar-refractivity contribution >= 4 is 27.5 Å². The molecule has 0 aromatic heterocycles. The second-order valence-electron chi connectivity index (χ2n) is 6.93. The molecule has 0 bridgehead atoms. The predicted molar refractivity (Wildman–Crippen MR) is 115 cm³/mol. The first-order valence-corrected chi connectivity index (χ1v) is 9.37. The van der Waals surface area contributed by atoms with Crippen molar-refractivity contribution in [1.29, 1.82) is 0 Å². The van der Waals surface area contributed by atoms with Gasteiger partial charge in [-0.25, -0.2) is 0 Å². The van der Waals surface area contributed by atoms with Gasteiger partial charge in [0.2, 0.25) is 0 Å². The molecule has 4 aromatic carbocycles. The maximum absolute atomic E-state index is 13.0. The van der Waals surface area contributed by atoms with Gasteiger partial charge in [-0.2, -0.15) is 0 Å². The quantitative estimate of drug-likeness (QED) is 0.431. The van der Waals surface area contributed by atoms with E-state index in [4.69, 9.17) is 9.47 Å². The Morgan fingerprint density at radius 2 is 1.47 bits per heavy atom. The van der Waals surface area contributed by atoms with Crippen molar-refractivity contribution in [1.82, 2.24) is 5.32 Å². The standard InChI is InChI=1S/C24H21NO5/c1-29-22-10-15-9-21(24(28)25-13-14-3-5-16(26)6-4-14)18-8-7-17(27)11-20(18)19(15)12-23(22)30-2/h3-12,26-27H,13H2,1-2H3,(H,25,28). The van der Waals surface area contributed by atoms with E-state index in [1.807, 2.05) is 18.2 Å². The second-order valence-corrected chi connectivity index (χ2v) is 6.93. The largest absolute Gasteiger partial charge is 0.508 e. The van der Waals surface area contributed by atoms with Crippen molar-refractivity contribution in [2.75, 3.05) is 14.2 Å². The van der Waals surface area contributed by atoms with Gasteiger partial charge in [0.1, 0.15) is 11.5 Å². The molecule has 1 amide bonds. The minimum absolute atomic E-state index is 0.111. The molecule has 0 aliphatic heterocycles. The number of phenolic OH excluding ortho intramolecular Hbond substituents is 2. The highest BCUT2D eigenvalue weighted by atomic mass is 16.5. The number of nitrogens with one attached hydrogen (secondary N) is 1. The van der Waals surface area contributed by atoms with Crippen LogP contribution in [0.15, 0.2) is 60.7 Å². The third-order valence-electron chi connectivity index (χ3n) is 5.07. The van der Waals surface area contributed by atoms with Crippen LogP contribution in [0.25, 0.3) is 21.5 Å². The van der Waals surface area contributed by atoms with Crippen LogP contribution in [0.4, 0.5) is 0 Å². The predicted octanol–water partition coefficient (Wildman–Crippen LogP) is 4.35. The summed E-state index contributed by atoms with van der Waals surface area (Å²) >= 11 is 0. The third-order valence-corrected chi connectivity index (χ3v) is 5.07. The van der Waals surface area contributed by atoms with E-state index in [-0.39, 0.29) is 17.4 Å². The lowest BCUT2D eigenvalue weighted by atomic mass is 9.96. The highest BCUT2D eigenvalue weighted by molar-refractivity contribution is 6.17. The summed E-state index contributed by atoms with van der Waals surface area (Å²) in [6.07, 6.45) is 0. The number of hydrogen-bond donors (Lipinski definition) is 3. The first-order chi connectivity index (χ1) is 14.5. The fraction of sp³-hybridized carbons (Fsp3) is 0.125. The lowest BCUT2D eigenvalue weighted by Gasteiger charge is -2.14. The maximum atomic E-state index is 13.0. The average molecular weight is 403 g/mol. The number of ether oxygens (including phenoxy) is 2. The van der Waals surface area contributed by atoms with Crippen LogP contribution in [0.2, 0.25) is 0 Å². The Morgan fingerprint density at radius 3 is 2.17 bits per heavy atom. The van der Waals surface area contributed by atoms with E-state index < -0.39 is 0 Å². The summed E-state index contributed by atoms with van der Waals surface area (Å²) in [5.74, 6) is 1.17. The monoisotopic (exact) mass is 403 g/mol. The SMILES string of the molecule is COc1cc2cc(C(=O)NCc3ccc(O)cc3)c3ccc(O)cc3c2cc1OC. The zero-order valence-electron chi connectivity index (χ0n) is 16.6. The molecule has 152 valence electrons. The molecule has 0 spiro atoms. The lowest BCUT2D eigenvalue weighted by Crippen LogP contribution is -2.23. The summed E-state index contributed by atoms with van der Waals surface area (Å²) < 4.78 is 10.8. The van der Waals surface area contributed by atoms with E-state index in [0.717, 1.165) is 27.1 Å². The second kappa shape index (κ2) is 7.83. The molecule has 4 aromatic rings. The van der Waals surface area contributed by atoms with Gasteiger partial charge in [-0.1, -0.05) is 12.1 Å². The number of carbonyl (C=O) groups is 1. The molecule has 0 unspecified atom stereocenters. The molecule has 6 heteroatoms. The molecule has 0 heterocycles. The molecule has 0 saturated heterocycles. The summed E-state index contributed by atoms with van der Waals surface area (Å²) in [6, 6.07) is 17.1. The van der Waals surface area contributed by atoms with Gasteiger partial charge >= 0.3 is 0 Å². The van der Waals surface area contributed by atoms with Crippen molar-refractivity contribution in [3.63, 3.8) is 0 Å². The average Bonchev–Trinajstić information content (AvgIpc) is 2.76. The first-order valence-electron chi connectivity index (χ1n) is 9.37. The number of rotatable bonds is 5. The highest BCUT2D eigenvalue weighted by Gasteiger charge is 2.16. The number of carbonyl (C=O) groups excluding carboxylic acids is 1. The molecule has 0 fully saturated rings. The zero-order chi connectivity index (χ0) is 21.3. The summed E-state index contributed by atoms with van der Waals surface area (Å²) in [5, 5.41) is 25.5. The van der Waals surface area contributed by atoms with E-state index in [0.29, 0.717) is 23.6 Å². The van der Waals surface area contributed by atoms with Gasteiger partial charge in [0.15, 0.2) is 11.5 Å². The fourth-order valence-electron chi connectivity index (χ4n) is 3.55. The Bertz CT molecular complexity index is 1250. The van der Waals surface area contributed by atoms with Crippen LogP contribution in [0.5, 0.6) is 23.0 Å². The molecule has 6 nitrogen and oxygen atoms in total. The van der Waals surface area contributed by atoms with Gasteiger partial charge in [0.05, 0.1) is 14.2 Å². The van der Waals surface area contributed by atoms with Crippen LogP contribution < -0.4 is 14.8 Å². The summed E-state index contributed by atoms with van der Waals surface area (Å²) in [6.45, 7) is 0.322. The third kappa shape index (κ3) is 3.55. The van der Waals surface area contributed by atoms with Crippen molar-refractivity contribution in [2.24, 2.45) is 0 Å². The molecular weight excluding hydrogens is 382 g/mol. The summed E-state index contributed by atoms with van der Waals surface area (Å²) in [5.41, 5.74) is 1.36. The van der Waals surface area contributed by atoms with E-state index in [2.05, 4.69) is 5.32 Å². The van der Waals surface area contributed by atoms with Crippen molar-refractivity contribution in [3.8, 4) is 23.0 Å². The Kier molecular flexibility index (Phi) is 5.06. The van der Waals surface area contributed by atoms with Gasteiger partial charge in [-0.3, -0.25) is 4.79 Å². The number of hydrogen-bond acceptors (Lipinski definition) is 5. The van der Waals surface area contributed by atoms with Crippen molar-refractivity contribution in [3.05, 3.63) is 71.8 Å². The van der Waals surface area contributed by atoms with Crippen LogP contribution >= 0.6 is 0 Å². The number of aromatic hydroxyl groups is 2. The number of benzene rings is 4. The van der Waals surface area contributed by atoms with Gasteiger partial charge < -0.3 is 25.0 Å². The van der Waals surface area contributed by atoms with E-state index in [1.54, 1.807) is 56.7 Å². The molecule has 0 radical (unpaired) electrons. The molecule has 4 rings (SSSR count). The lowest BCUT2D eigenvalue weighted by molar-refractivity contribution is 0.0952. The van der Waals surface area contributed by atoms with E-state index in [1.165, 1.54) is 0 Å². The normalized spacial score (nSPS) is 10.9.